The SMILES string of the molecule is CCCCCCCCCCCCC(OCCCC)c1cccc(OC(=O)O)c1O. The quantitative estimate of drug-likeness (QED) is 0.157. The number of benzene rings is 1. The molecule has 166 valence electrons. The Hall–Kier alpha value is -1.75. The topological polar surface area (TPSA) is 76.0 Å². The van der Waals surface area contributed by atoms with Crippen molar-refractivity contribution in [3.8, 4) is 11.5 Å². The number of carbonyl (C=O) groups is 1. The van der Waals surface area contributed by atoms with Crippen molar-refractivity contribution in [2.45, 2.75) is 103 Å². The summed E-state index contributed by atoms with van der Waals surface area (Å²) in [6.45, 7) is 4.98. The van der Waals surface area contributed by atoms with Gasteiger partial charge in [0.1, 0.15) is 0 Å². The molecular formula is C24H40O5. The molecule has 1 aromatic carbocycles. The number of ether oxygens (including phenoxy) is 2. The van der Waals surface area contributed by atoms with Gasteiger partial charge in [0.2, 0.25) is 0 Å². The second-order valence-corrected chi connectivity index (χ2v) is 7.75. The Bertz CT molecular complexity index is 558. The Labute approximate surface area is 176 Å². The molecular weight excluding hydrogens is 368 g/mol. The summed E-state index contributed by atoms with van der Waals surface area (Å²) in [5, 5.41) is 19.3. The molecule has 5 nitrogen and oxygen atoms in total. The van der Waals surface area contributed by atoms with Crippen LogP contribution < -0.4 is 4.74 Å². The van der Waals surface area contributed by atoms with Crippen molar-refractivity contribution in [1.29, 1.82) is 0 Å². The van der Waals surface area contributed by atoms with Crippen LogP contribution in [0.1, 0.15) is 109 Å². The van der Waals surface area contributed by atoms with Crippen LogP contribution in [0.15, 0.2) is 18.2 Å². The minimum absolute atomic E-state index is 0.0397. The van der Waals surface area contributed by atoms with Gasteiger partial charge in [-0.05, 0) is 18.9 Å². The molecule has 0 aliphatic carbocycles. The molecule has 2 N–H and O–H groups in total. The smallest absolute Gasteiger partial charge is 0.504 e. The fourth-order valence-electron chi connectivity index (χ4n) is 3.49. The molecule has 0 heterocycles. The first-order valence-electron chi connectivity index (χ1n) is 11.4. The molecule has 0 aromatic heterocycles. The highest BCUT2D eigenvalue weighted by Crippen LogP contribution is 2.37. The van der Waals surface area contributed by atoms with E-state index in [0.717, 1.165) is 32.1 Å². The van der Waals surface area contributed by atoms with Gasteiger partial charge in [-0.3, -0.25) is 0 Å². The highest BCUT2D eigenvalue weighted by atomic mass is 16.7. The molecule has 0 radical (unpaired) electrons. The lowest BCUT2D eigenvalue weighted by Gasteiger charge is -2.20. The first kappa shape index (κ1) is 25.3. The molecule has 0 fully saturated rings. The van der Waals surface area contributed by atoms with Gasteiger partial charge in [-0.2, -0.15) is 0 Å². The lowest BCUT2D eigenvalue weighted by atomic mass is 10.00. The molecule has 0 bridgehead atoms. The number of phenolic OH excluding ortho intramolecular Hbond substituents is 1. The van der Waals surface area contributed by atoms with Crippen LogP contribution in [-0.2, 0) is 4.74 Å². The van der Waals surface area contributed by atoms with Crippen molar-refractivity contribution in [2.75, 3.05) is 6.61 Å². The van der Waals surface area contributed by atoms with Gasteiger partial charge in [0.05, 0.1) is 6.10 Å². The lowest BCUT2D eigenvalue weighted by Crippen LogP contribution is -2.08. The largest absolute Gasteiger partial charge is 0.511 e. The maximum Gasteiger partial charge on any atom is 0.511 e. The van der Waals surface area contributed by atoms with E-state index in [2.05, 4.69) is 18.6 Å². The van der Waals surface area contributed by atoms with Crippen molar-refractivity contribution in [2.24, 2.45) is 0 Å². The number of phenols is 1. The Morgan fingerprint density at radius 1 is 0.897 bits per heavy atom. The molecule has 0 saturated heterocycles. The van der Waals surface area contributed by atoms with Gasteiger partial charge in [-0.25, -0.2) is 4.79 Å². The molecule has 0 saturated carbocycles. The van der Waals surface area contributed by atoms with E-state index >= 15 is 0 Å². The second-order valence-electron chi connectivity index (χ2n) is 7.75. The van der Waals surface area contributed by atoms with Gasteiger partial charge in [0.15, 0.2) is 11.5 Å². The molecule has 0 aliphatic rings. The number of unbranched alkanes of at least 4 members (excludes halogenated alkanes) is 10. The van der Waals surface area contributed by atoms with Gasteiger partial charge >= 0.3 is 6.16 Å². The number of para-hydroxylation sites is 1. The number of aromatic hydroxyl groups is 1. The first-order chi connectivity index (χ1) is 14.1. The fourth-order valence-corrected chi connectivity index (χ4v) is 3.49. The molecule has 5 heteroatoms. The van der Waals surface area contributed by atoms with E-state index in [1.165, 1.54) is 57.4 Å². The average molecular weight is 409 g/mol. The Morgan fingerprint density at radius 2 is 1.48 bits per heavy atom. The zero-order chi connectivity index (χ0) is 21.3. The van der Waals surface area contributed by atoms with Gasteiger partial charge in [0.25, 0.3) is 0 Å². The van der Waals surface area contributed by atoms with Crippen LogP contribution in [0.5, 0.6) is 11.5 Å². The summed E-state index contributed by atoms with van der Waals surface area (Å²) in [6.07, 6.45) is 13.8. The summed E-state index contributed by atoms with van der Waals surface area (Å²) >= 11 is 0. The zero-order valence-corrected chi connectivity index (χ0v) is 18.3. The Balaban J connectivity index is 2.47. The van der Waals surface area contributed by atoms with Gasteiger partial charge < -0.3 is 19.7 Å². The fraction of sp³-hybridized carbons (Fsp3) is 0.708. The molecule has 1 rings (SSSR count). The van der Waals surface area contributed by atoms with E-state index < -0.39 is 6.16 Å². The molecule has 1 unspecified atom stereocenters. The Morgan fingerprint density at radius 3 is 2.07 bits per heavy atom. The summed E-state index contributed by atoms with van der Waals surface area (Å²) < 4.78 is 10.7. The summed E-state index contributed by atoms with van der Waals surface area (Å²) in [7, 11) is 0. The zero-order valence-electron chi connectivity index (χ0n) is 18.3. The van der Waals surface area contributed by atoms with Crippen LogP contribution in [0.25, 0.3) is 0 Å². The first-order valence-corrected chi connectivity index (χ1v) is 11.4. The standard InChI is InChI=1S/C24H40O5/c1-3-5-7-8-9-10-11-12-13-14-17-21(28-19-6-4-2)20-16-15-18-22(23(20)25)29-24(26)27/h15-16,18,21,25H,3-14,17,19H2,1-2H3,(H,26,27). The van der Waals surface area contributed by atoms with Crippen molar-refractivity contribution in [1.82, 2.24) is 0 Å². The van der Waals surface area contributed by atoms with E-state index in [9.17, 15) is 9.90 Å². The van der Waals surface area contributed by atoms with Crippen molar-refractivity contribution >= 4 is 6.16 Å². The minimum atomic E-state index is -1.43. The highest BCUT2D eigenvalue weighted by Gasteiger charge is 2.19. The normalized spacial score (nSPS) is 12.1. The monoisotopic (exact) mass is 408 g/mol. The van der Waals surface area contributed by atoms with Crippen molar-refractivity contribution in [3.63, 3.8) is 0 Å². The van der Waals surface area contributed by atoms with Crippen LogP contribution >= 0.6 is 0 Å². The number of rotatable bonds is 17. The molecule has 0 spiro atoms. The Kier molecular flexibility index (Phi) is 14.0. The van der Waals surface area contributed by atoms with Crippen LogP contribution in [0.3, 0.4) is 0 Å². The number of hydrogen-bond donors (Lipinski definition) is 2. The van der Waals surface area contributed by atoms with E-state index in [4.69, 9.17) is 9.84 Å². The predicted molar refractivity (Wildman–Crippen MR) is 117 cm³/mol. The van der Waals surface area contributed by atoms with Crippen molar-refractivity contribution in [3.05, 3.63) is 23.8 Å². The van der Waals surface area contributed by atoms with Gasteiger partial charge in [0, 0.05) is 12.2 Å². The van der Waals surface area contributed by atoms with Crippen LogP contribution in [0, 0.1) is 0 Å². The maximum atomic E-state index is 10.8. The molecule has 0 amide bonds. The van der Waals surface area contributed by atoms with E-state index in [-0.39, 0.29) is 17.6 Å². The molecule has 1 aromatic rings. The second kappa shape index (κ2) is 16.1. The number of hydrogen-bond acceptors (Lipinski definition) is 4. The van der Waals surface area contributed by atoms with E-state index in [0.29, 0.717) is 12.2 Å². The van der Waals surface area contributed by atoms with Gasteiger partial charge in [-0.1, -0.05) is 96.6 Å². The third kappa shape index (κ3) is 11.1. The third-order valence-electron chi connectivity index (χ3n) is 5.21. The summed E-state index contributed by atoms with van der Waals surface area (Å²) in [6, 6.07) is 4.94. The van der Waals surface area contributed by atoms with Crippen LogP contribution in [-0.4, -0.2) is 23.0 Å². The van der Waals surface area contributed by atoms with E-state index in [1.807, 2.05) is 0 Å². The van der Waals surface area contributed by atoms with Gasteiger partial charge in [-0.15, -0.1) is 0 Å². The summed E-state index contributed by atoms with van der Waals surface area (Å²) in [5.74, 6) is -0.175. The molecule has 1 atom stereocenters. The number of carboxylic acid groups (broad SMARTS) is 1. The lowest BCUT2D eigenvalue weighted by molar-refractivity contribution is 0.0410. The van der Waals surface area contributed by atoms with Crippen LogP contribution in [0.4, 0.5) is 4.79 Å². The predicted octanol–water partition coefficient (Wildman–Crippen LogP) is 7.62. The van der Waals surface area contributed by atoms with Crippen LogP contribution in [0.2, 0.25) is 0 Å². The van der Waals surface area contributed by atoms with Crippen molar-refractivity contribution < 1.29 is 24.5 Å². The molecule has 0 aliphatic heterocycles. The van der Waals surface area contributed by atoms with E-state index in [1.54, 1.807) is 12.1 Å². The average Bonchev–Trinajstić information content (AvgIpc) is 2.69. The molecule has 29 heavy (non-hydrogen) atoms. The third-order valence-corrected chi connectivity index (χ3v) is 5.21. The maximum absolute atomic E-state index is 10.8. The highest BCUT2D eigenvalue weighted by molar-refractivity contribution is 5.63. The summed E-state index contributed by atoms with van der Waals surface area (Å²) in [5.41, 5.74) is 0.607. The minimum Gasteiger partial charge on any atom is -0.504 e. The summed E-state index contributed by atoms with van der Waals surface area (Å²) in [4.78, 5) is 10.8.